The average Bonchev–Trinajstić information content (AvgIpc) is 2.53. The summed E-state index contributed by atoms with van der Waals surface area (Å²) in [6.07, 6.45) is 3.51. The van der Waals surface area contributed by atoms with Gasteiger partial charge in [0.05, 0.1) is 11.2 Å². The van der Waals surface area contributed by atoms with Crippen molar-refractivity contribution < 1.29 is 4.79 Å². The van der Waals surface area contributed by atoms with Crippen molar-refractivity contribution in [2.24, 2.45) is 0 Å². The van der Waals surface area contributed by atoms with Crippen molar-refractivity contribution in [2.45, 2.75) is 6.04 Å². The number of anilines is 1. The molecule has 3 heterocycles. The molecular formula is C14H16BrN5O. The van der Waals surface area contributed by atoms with Crippen LogP contribution in [0.5, 0.6) is 0 Å². The number of pyridine rings is 2. The van der Waals surface area contributed by atoms with Crippen molar-refractivity contribution in [3.05, 3.63) is 29.0 Å². The van der Waals surface area contributed by atoms with E-state index >= 15 is 0 Å². The zero-order valence-electron chi connectivity index (χ0n) is 11.6. The van der Waals surface area contributed by atoms with E-state index in [0.29, 0.717) is 6.54 Å². The second-order valence-corrected chi connectivity index (χ2v) is 5.79. The van der Waals surface area contributed by atoms with Gasteiger partial charge in [-0.3, -0.25) is 14.8 Å². The number of halogens is 1. The molecule has 0 aromatic carbocycles. The van der Waals surface area contributed by atoms with Crippen LogP contribution < -0.4 is 15.5 Å². The van der Waals surface area contributed by atoms with Gasteiger partial charge in [0.2, 0.25) is 5.91 Å². The Morgan fingerprint density at radius 1 is 1.52 bits per heavy atom. The van der Waals surface area contributed by atoms with Gasteiger partial charge < -0.3 is 15.5 Å². The predicted molar refractivity (Wildman–Crippen MR) is 85.3 cm³/mol. The molecule has 3 rings (SSSR count). The molecular weight excluding hydrogens is 334 g/mol. The maximum atomic E-state index is 12.1. The van der Waals surface area contributed by atoms with E-state index in [1.807, 2.05) is 12.1 Å². The van der Waals surface area contributed by atoms with Crippen LogP contribution in [0.3, 0.4) is 0 Å². The van der Waals surface area contributed by atoms with Crippen LogP contribution in [0.2, 0.25) is 0 Å². The molecule has 0 bridgehead atoms. The van der Waals surface area contributed by atoms with E-state index in [-0.39, 0.29) is 11.9 Å². The fourth-order valence-electron chi connectivity index (χ4n) is 2.62. The highest BCUT2D eigenvalue weighted by atomic mass is 79.9. The largest absolute Gasteiger partial charge is 0.357 e. The van der Waals surface area contributed by atoms with Gasteiger partial charge in [-0.1, -0.05) is 0 Å². The first-order valence-corrected chi connectivity index (χ1v) is 7.59. The molecule has 1 aliphatic heterocycles. The molecule has 2 aromatic rings. The first kappa shape index (κ1) is 14.2. The van der Waals surface area contributed by atoms with Gasteiger partial charge >= 0.3 is 0 Å². The van der Waals surface area contributed by atoms with Crippen LogP contribution in [0, 0.1) is 0 Å². The number of hydrogen-bond donors (Lipinski definition) is 2. The van der Waals surface area contributed by atoms with E-state index in [0.717, 1.165) is 34.3 Å². The van der Waals surface area contributed by atoms with Crippen LogP contribution >= 0.6 is 15.9 Å². The van der Waals surface area contributed by atoms with E-state index in [9.17, 15) is 4.79 Å². The molecule has 2 aromatic heterocycles. The van der Waals surface area contributed by atoms with Gasteiger partial charge in [0.15, 0.2) is 0 Å². The number of hydrogen-bond acceptors (Lipinski definition) is 5. The van der Waals surface area contributed by atoms with Crippen molar-refractivity contribution >= 4 is 38.6 Å². The molecule has 1 fully saturated rings. The number of rotatable bonds is 2. The Labute approximate surface area is 131 Å². The van der Waals surface area contributed by atoms with Gasteiger partial charge in [0, 0.05) is 43.5 Å². The number of likely N-dealkylation sites (N-methyl/N-ethyl adjacent to an activating group) is 1. The van der Waals surface area contributed by atoms with Crippen molar-refractivity contribution in [2.75, 3.05) is 31.6 Å². The summed E-state index contributed by atoms with van der Waals surface area (Å²) < 4.78 is 0.891. The number of aromatic nitrogens is 2. The second kappa shape index (κ2) is 5.95. The standard InChI is InChI=1S/C14H16BrN5O/c1-16-14(21)12-8-17-4-5-20(12)11-2-3-18-10-6-9(15)7-19-13(10)11/h2-3,6-7,12,17H,4-5,8H2,1H3,(H,16,21). The maximum Gasteiger partial charge on any atom is 0.243 e. The average molecular weight is 350 g/mol. The lowest BCUT2D eigenvalue weighted by atomic mass is 10.1. The predicted octanol–water partition coefficient (Wildman–Crippen LogP) is 0.916. The van der Waals surface area contributed by atoms with Crippen molar-refractivity contribution in [1.29, 1.82) is 0 Å². The number of carbonyl (C=O) groups excluding carboxylic acids is 1. The number of nitrogens with zero attached hydrogens (tertiary/aromatic N) is 3. The fraction of sp³-hybridized carbons (Fsp3) is 0.357. The SMILES string of the molecule is CNC(=O)C1CNCCN1c1ccnc2cc(Br)cnc12. The molecule has 6 nitrogen and oxygen atoms in total. The molecule has 1 amide bonds. The smallest absolute Gasteiger partial charge is 0.243 e. The Bertz CT molecular complexity index is 677. The van der Waals surface area contributed by atoms with E-state index in [4.69, 9.17) is 0 Å². The molecule has 21 heavy (non-hydrogen) atoms. The van der Waals surface area contributed by atoms with Crippen LogP contribution in [0.4, 0.5) is 5.69 Å². The second-order valence-electron chi connectivity index (χ2n) is 4.88. The number of fused-ring (bicyclic) bond motifs is 1. The summed E-state index contributed by atoms with van der Waals surface area (Å²) in [5, 5.41) is 5.99. The number of nitrogens with one attached hydrogen (secondary N) is 2. The van der Waals surface area contributed by atoms with E-state index in [1.165, 1.54) is 0 Å². The molecule has 1 atom stereocenters. The van der Waals surface area contributed by atoms with Gasteiger partial charge in [-0.05, 0) is 28.1 Å². The minimum Gasteiger partial charge on any atom is -0.357 e. The molecule has 0 saturated carbocycles. The summed E-state index contributed by atoms with van der Waals surface area (Å²) in [7, 11) is 1.66. The highest BCUT2D eigenvalue weighted by molar-refractivity contribution is 9.10. The Morgan fingerprint density at radius 2 is 2.38 bits per heavy atom. The quantitative estimate of drug-likeness (QED) is 0.843. The molecule has 0 spiro atoms. The van der Waals surface area contributed by atoms with Gasteiger partial charge in [-0.25, -0.2) is 0 Å². The summed E-state index contributed by atoms with van der Waals surface area (Å²) in [6.45, 7) is 2.22. The van der Waals surface area contributed by atoms with Crippen LogP contribution in [-0.2, 0) is 4.79 Å². The van der Waals surface area contributed by atoms with Crippen molar-refractivity contribution in [3.63, 3.8) is 0 Å². The Hall–Kier alpha value is -1.73. The molecule has 0 radical (unpaired) electrons. The molecule has 0 aliphatic carbocycles. The molecule has 110 valence electrons. The molecule has 1 unspecified atom stereocenters. The zero-order chi connectivity index (χ0) is 14.8. The van der Waals surface area contributed by atoms with E-state index < -0.39 is 0 Å². The van der Waals surface area contributed by atoms with Crippen LogP contribution in [0.1, 0.15) is 0 Å². The van der Waals surface area contributed by atoms with Crippen molar-refractivity contribution in [3.8, 4) is 0 Å². The van der Waals surface area contributed by atoms with Gasteiger partial charge in [-0.15, -0.1) is 0 Å². The first-order chi connectivity index (χ1) is 10.2. The van der Waals surface area contributed by atoms with Crippen molar-refractivity contribution in [1.82, 2.24) is 20.6 Å². The highest BCUT2D eigenvalue weighted by Gasteiger charge is 2.29. The Morgan fingerprint density at radius 3 is 3.19 bits per heavy atom. The third kappa shape index (κ3) is 2.71. The highest BCUT2D eigenvalue weighted by Crippen LogP contribution is 2.27. The van der Waals surface area contributed by atoms with Crippen LogP contribution in [0.25, 0.3) is 11.0 Å². The van der Waals surface area contributed by atoms with Crippen LogP contribution in [0.15, 0.2) is 29.0 Å². The molecule has 2 N–H and O–H groups in total. The van der Waals surface area contributed by atoms with Gasteiger partial charge in [-0.2, -0.15) is 0 Å². The van der Waals surface area contributed by atoms with Gasteiger partial charge in [0.1, 0.15) is 11.6 Å². The summed E-state index contributed by atoms with van der Waals surface area (Å²) in [5.74, 6) is 0.00396. The Balaban J connectivity index is 2.07. The number of piperazine rings is 1. The Kier molecular flexibility index (Phi) is 4.03. The lowest BCUT2D eigenvalue weighted by Crippen LogP contribution is -2.57. The molecule has 1 saturated heterocycles. The third-order valence-electron chi connectivity index (χ3n) is 3.62. The third-order valence-corrected chi connectivity index (χ3v) is 4.06. The minimum atomic E-state index is -0.236. The number of carbonyl (C=O) groups is 1. The first-order valence-electron chi connectivity index (χ1n) is 6.80. The molecule has 7 heteroatoms. The lowest BCUT2D eigenvalue weighted by Gasteiger charge is -2.36. The summed E-state index contributed by atoms with van der Waals surface area (Å²) >= 11 is 3.41. The maximum absolute atomic E-state index is 12.1. The van der Waals surface area contributed by atoms with E-state index in [2.05, 4.69) is 41.4 Å². The van der Waals surface area contributed by atoms with E-state index in [1.54, 1.807) is 19.4 Å². The minimum absolute atomic E-state index is 0.00396. The summed E-state index contributed by atoms with van der Waals surface area (Å²) in [6, 6.07) is 3.62. The summed E-state index contributed by atoms with van der Waals surface area (Å²) in [5.41, 5.74) is 2.58. The normalized spacial score (nSPS) is 18.8. The van der Waals surface area contributed by atoms with Gasteiger partial charge in [0.25, 0.3) is 0 Å². The van der Waals surface area contributed by atoms with Crippen LogP contribution in [-0.4, -0.2) is 48.6 Å². The lowest BCUT2D eigenvalue weighted by molar-refractivity contribution is -0.122. The number of amides is 1. The fourth-order valence-corrected chi connectivity index (χ4v) is 2.94. The topological polar surface area (TPSA) is 70.2 Å². The summed E-state index contributed by atoms with van der Waals surface area (Å²) in [4.78, 5) is 23.0. The monoisotopic (exact) mass is 349 g/mol. The zero-order valence-corrected chi connectivity index (χ0v) is 13.2. The molecule has 1 aliphatic rings.